The minimum Gasteiger partial charge on any atom is -0.493 e. The molecule has 1 aromatic carbocycles. The highest BCUT2D eigenvalue weighted by molar-refractivity contribution is 7.09. The van der Waals surface area contributed by atoms with Crippen LogP contribution in [-0.4, -0.2) is 14.2 Å². The van der Waals surface area contributed by atoms with Gasteiger partial charge in [0.1, 0.15) is 0 Å². The summed E-state index contributed by atoms with van der Waals surface area (Å²) in [5.74, 6) is 1.55. The van der Waals surface area contributed by atoms with Crippen LogP contribution >= 0.6 is 11.3 Å². The standard InChI is InChI=1S/C16H21NO2S/c1-4-14(17-11-13-6-5-9-20-13)12-7-8-15(18-2)16(10-12)19-3/h5-10,14,17H,4,11H2,1-3H3. The number of hydrogen-bond acceptors (Lipinski definition) is 4. The first-order chi connectivity index (χ1) is 9.78. The minimum absolute atomic E-state index is 0.317. The van der Waals surface area contributed by atoms with Gasteiger partial charge in [-0.05, 0) is 35.6 Å². The molecule has 2 rings (SSSR count). The molecular weight excluding hydrogens is 270 g/mol. The van der Waals surface area contributed by atoms with E-state index in [1.54, 1.807) is 25.6 Å². The van der Waals surface area contributed by atoms with E-state index in [9.17, 15) is 0 Å². The molecule has 0 radical (unpaired) electrons. The average Bonchev–Trinajstić information content (AvgIpc) is 3.01. The summed E-state index contributed by atoms with van der Waals surface area (Å²) in [6.07, 6.45) is 1.03. The Morgan fingerprint density at radius 1 is 1.15 bits per heavy atom. The smallest absolute Gasteiger partial charge is 0.161 e. The summed E-state index contributed by atoms with van der Waals surface area (Å²) in [6, 6.07) is 10.7. The zero-order valence-corrected chi connectivity index (χ0v) is 13.0. The molecule has 0 bridgehead atoms. The highest BCUT2D eigenvalue weighted by atomic mass is 32.1. The van der Waals surface area contributed by atoms with Crippen molar-refractivity contribution in [1.29, 1.82) is 0 Å². The van der Waals surface area contributed by atoms with Gasteiger partial charge in [0.15, 0.2) is 11.5 Å². The number of hydrogen-bond donors (Lipinski definition) is 1. The third-order valence-corrected chi connectivity index (χ3v) is 4.20. The van der Waals surface area contributed by atoms with Crippen molar-refractivity contribution < 1.29 is 9.47 Å². The third-order valence-electron chi connectivity index (χ3n) is 3.32. The molecule has 0 aliphatic heterocycles. The van der Waals surface area contributed by atoms with Crippen LogP contribution in [0.5, 0.6) is 11.5 Å². The van der Waals surface area contributed by atoms with Gasteiger partial charge in [-0.25, -0.2) is 0 Å². The van der Waals surface area contributed by atoms with E-state index in [1.165, 1.54) is 10.4 Å². The van der Waals surface area contributed by atoms with E-state index >= 15 is 0 Å². The number of methoxy groups -OCH3 is 2. The molecule has 20 heavy (non-hydrogen) atoms. The van der Waals surface area contributed by atoms with E-state index in [2.05, 4.69) is 41.9 Å². The Labute approximate surface area is 124 Å². The molecule has 3 nitrogen and oxygen atoms in total. The molecule has 1 unspecified atom stereocenters. The van der Waals surface area contributed by atoms with Crippen molar-refractivity contribution in [2.24, 2.45) is 0 Å². The molecule has 4 heteroatoms. The van der Waals surface area contributed by atoms with E-state index in [1.807, 2.05) is 6.07 Å². The number of rotatable bonds is 7. The van der Waals surface area contributed by atoms with Gasteiger partial charge in [0.25, 0.3) is 0 Å². The molecule has 1 N–H and O–H groups in total. The number of thiophene rings is 1. The van der Waals surface area contributed by atoms with Crippen molar-refractivity contribution in [3.8, 4) is 11.5 Å². The first kappa shape index (κ1) is 14.9. The predicted octanol–water partition coefficient (Wildman–Crippen LogP) is 4.01. The second-order valence-electron chi connectivity index (χ2n) is 4.54. The molecule has 0 spiro atoms. The quantitative estimate of drug-likeness (QED) is 0.836. The molecule has 1 aromatic heterocycles. The molecule has 0 saturated carbocycles. The van der Waals surface area contributed by atoms with Crippen molar-refractivity contribution in [2.75, 3.05) is 14.2 Å². The molecule has 2 aromatic rings. The van der Waals surface area contributed by atoms with Crippen LogP contribution in [0.3, 0.4) is 0 Å². The number of nitrogens with one attached hydrogen (secondary N) is 1. The Kier molecular flexibility index (Phi) is 5.44. The maximum absolute atomic E-state index is 5.37. The topological polar surface area (TPSA) is 30.5 Å². The van der Waals surface area contributed by atoms with E-state index in [0.717, 1.165) is 24.5 Å². The molecule has 108 valence electrons. The van der Waals surface area contributed by atoms with Crippen molar-refractivity contribution >= 4 is 11.3 Å². The maximum atomic E-state index is 5.37. The van der Waals surface area contributed by atoms with Crippen molar-refractivity contribution in [1.82, 2.24) is 5.32 Å². The monoisotopic (exact) mass is 291 g/mol. The van der Waals surface area contributed by atoms with Gasteiger partial charge in [0.05, 0.1) is 14.2 Å². The Hall–Kier alpha value is -1.52. The largest absolute Gasteiger partial charge is 0.493 e. The van der Waals surface area contributed by atoms with Crippen molar-refractivity contribution in [3.63, 3.8) is 0 Å². The fraction of sp³-hybridized carbons (Fsp3) is 0.375. The number of benzene rings is 1. The van der Waals surface area contributed by atoms with Gasteiger partial charge < -0.3 is 14.8 Å². The van der Waals surface area contributed by atoms with Gasteiger partial charge in [-0.2, -0.15) is 0 Å². The summed E-state index contributed by atoms with van der Waals surface area (Å²) in [5, 5.41) is 5.70. The summed E-state index contributed by atoms with van der Waals surface area (Å²) in [4.78, 5) is 1.35. The Bertz CT molecular complexity index is 525. The van der Waals surface area contributed by atoms with Crippen LogP contribution in [0.15, 0.2) is 35.7 Å². The summed E-state index contributed by atoms with van der Waals surface area (Å²) < 4.78 is 10.7. The average molecular weight is 291 g/mol. The van der Waals surface area contributed by atoms with Crippen LogP contribution < -0.4 is 14.8 Å². The SMILES string of the molecule is CCC(NCc1cccs1)c1ccc(OC)c(OC)c1. The fourth-order valence-electron chi connectivity index (χ4n) is 2.20. The lowest BCUT2D eigenvalue weighted by Crippen LogP contribution is -2.19. The first-order valence-corrected chi connectivity index (χ1v) is 7.64. The normalized spacial score (nSPS) is 12.2. The first-order valence-electron chi connectivity index (χ1n) is 6.76. The lowest BCUT2D eigenvalue weighted by atomic mass is 10.0. The van der Waals surface area contributed by atoms with Gasteiger partial charge in [-0.1, -0.05) is 19.1 Å². The van der Waals surface area contributed by atoms with Crippen LogP contribution in [0, 0.1) is 0 Å². The van der Waals surface area contributed by atoms with Crippen LogP contribution in [0.1, 0.15) is 29.8 Å². The lowest BCUT2D eigenvalue weighted by Gasteiger charge is -2.18. The van der Waals surface area contributed by atoms with Gasteiger partial charge in [-0.3, -0.25) is 0 Å². The molecule has 0 amide bonds. The second kappa shape index (κ2) is 7.31. The molecule has 0 saturated heterocycles. The van der Waals surface area contributed by atoms with E-state index < -0.39 is 0 Å². The molecule has 0 fully saturated rings. The van der Waals surface area contributed by atoms with E-state index in [4.69, 9.17) is 9.47 Å². The highest BCUT2D eigenvalue weighted by Crippen LogP contribution is 2.31. The third kappa shape index (κ3) is 3.52. The molecule has 1 atom stereocenters. The van der Waals surface area contributed by atoms with Crippen LogP contribution in [0.25, 0.3) is 0 Å². The van der Waals surface area contributed by atoms with Gasteiger partial charge in [-0.15, -0.1) is 11.3 Å². The summed E-state index contributed by atoms with van der Waals surface area (Å²) in [5.41, 5.74) is 1.22. The molecular formula is C16H21NO2S. The lowest BCUT2D eigenvalue weighted by molar-refractivity contribution is 0.353. The zero-order chi connectivity index (χ0) is 14.4. The zero-order valence-electron chi connectivity index (χ0n) is 12.2. The van der Waals surface area contributed by atoms with Gasteiger partial charge in [0.2, 0.25) is 0 Å². The van der Waals surface area contributed by atoms with Gasteiger partial charge >= 0.3 is 0 Å². The van der Waals surface area contributed by atoms with Crippen LogP contribution in [0.2, 0.25) is 0 Å². The van der Waals surface area contributed by atoms with Crippen LogP contribution in [0.4, 0.5) is 0 Å². The van der Waals surface area contributed by atoms with Crippen LogP contribution in [-0.2, 0) is 6.54 Å². The summed E-state index contributed by atoms with van der Waals surface area (Å²) >= 11 is 1.78. The minimum atomic E-state index is 0.317. The van der Waals surface area contributed by atoms with Gasteiger partial charge in [0, 0.05) is 17.5 Å². The molecule has 0 aliphatic rings. The second-order valence-corrected chi connectivity index (χ2v) is 5.57. The summed E-state index contributed by atoms with van der Waals surface area (Å²) in [7, 11) is 3.32. The highest BCUT2D eigenvalue weighted by Gasteiger charge is 2.12. The van der Waals surface area contributed by atoms with Crippen molar-refractivity contribution in [3.05, 3.63) is 46.2 Å². The van der Waals surface area contributed by atoms with E-state index in [-0.39, 0.29) is 0 Å². The van der Waals surface area contributed by atoms with E-state index in [0.29, 0.717) is 6.04 Å². The van der Waals surface area contributed by atoms with Crippen molar-refractivity contribution in [2.45, 2.75) is 25.9 Å². The maximum Gasteiger partial charge on any atom is 0.161 e. The fourth-order valence-corrected chi connectivity index (χ4v) is 2.86. The Morgan fingerprint density at radius 3 is 2.55 bits per heavy atom. The number of ether oxygens (including phenoxy) is 2. The molecule has 0 aliphatic carbocycles. The molecule has 1 heterocycles. The Balaban J connectivity index is 2.10. The summed E-state index contributed by atoms with van der Waals surface area (Å²) in [6.45, 7) is 3.08. The predicted molar refractivity (Wildman–Crippen MR) is 83.7 cm³/mol. The Morgan fingerprint density at radius 2 is 1.95 bits per heavy atom.